The summed E-state index contributed by atoms with van der Waals surface area (Å²) < 4.78 is 40.1. The standard InChI is InChI=1S/C23H20F3N3OS/c1-14(21(30)27-18-11-10-15-8-5-9-17(15)12-18)31-22-28-19(16-6-3-2-4-7-16)13-20(29-22)23(24,25)26/h2-4,6-7,10-14H,5,8-9H2,1H3,(H,27,30)/t14-/m0/s1. The maximum atomic E-state index is 13.4. The number of carbonyl (C=O) groups excluding carboxylic acids is 1. The van der Waals surface area contributed by atoms with Crippen LogP contribution >= 0.6 is 11.8 Å². The van der Waals surface area contributed by atoms with E-state index in [1.165, 1.54) is 11.1 Å². The lowest BCUT2D eigenvalue weighted by Gasteiger charge is -2.14. The fourth-order valence-corrected chi connectivity index (χ4v) is 4.27. The van der Waals surface area contributed by atoms with Gasteiger partial charge in [-0.2, -0.15) is 13.2 Å². The van der Waals surface area contributed by atoms with Crippen molar-refractivity contribution in [3.63, 3.8) is 0 Å². The Morgan fingerprint density at radius 3 is 2.52 bits per heavy atom. The Balaban J connectivity index is 1.54. The van der Waals surface area contributed by atoms with Crippen LogP contribution in [0.4, 0.5) is 18.9 Å². The first-order valence-electron chi connectivity index (χ1n) is 9.90. The highest BCUT2D eigenvalue weighted by atomic mass is 32.2. The molecule has 4 rings (SSSR count). The number of alkyl halides is 3. The Kier molecular flexibility index (Phi) is 6.00. The van der Waals surface area contributed by atoms with Gasteiger partial charge in [0.1, 0.15) is 5.69 Å². The Bertz CT molecular complexity index is 1100. The van der Waals surface area contributed by atoms with Gasteiger partial charge in [-0.3, -0.25) is 4.79 Å². The third-order valence-corrected chi connectivity index (χ3v) is 6.04. The Morgan fingerprint density at radius 1 is 1.03 bits per heavy atom. The number of aryl methyl sites for hydroxylation is 2. The number of amides is 1. The average Bonchev–Trinajstić information content (AvgIpc) is 3.21. The zero-order chi connectivity index (χ0) is 22.0. The van der Waals surface area contributed by atoms with Crippen LogP contribution < -0.4 is 5.32 Å². The van der Waals surface area contributed by atoms with Crippen LogP contribution in [0.3, 0.4) is 0 Å². The summed E-state index contributed by atoms with van der Waals surface area (Å²) in [6.45, 7) is 1.62. The number of anilines is 1. The van der Waals surface area contributed by atoms with Crippen molar-refractivity contribution in [3.05, 3.63) is 71.4 Å². The molecule has 2 aromatic carbocycles. The van der Waals surface area contributed by atoms with E-state index in [-0.39, 0.29) is 16.8 Å². The minimum atomic E-state index is -4.61. The molecule has 0 unspecified atom stereocenters. The maximum absolute atomic E-state index is 13.4. The van der Waals surface area contributed by atoms with Crippen LogP contribution in [0.25, 0.3) is 11.3 Å². The van der Waals surface area contributed by atoms with Crippen LogP contribution in [-0.2, 0) is 23.8 Å². The lowest BCUT2D eigenvalue weighted by Crippen LogP contribution is -2.23. The van der Waals surface area contributed by atoms with Gasteiger partial charge in [-0.15, -0.1) is 0 Å². The molecule has 0 spiro atoms. The van der Waals surface area contributed by atoms with Crippen molar-refractivity contribution in [2.24, 2.45) is 0 Å². The third kappa shape index (κ3) is 5.07. The van der Waals surface area contributed by atoms with Gasteiger partial charge >= 0.3 is 6.18 Å². The molecule has 0 bridgehead atoms. The molecule has 1 aliphatic rings. The van der Waals surface area contributed by atoms with E-state index in [1.54, 1.807) is 37.3 Å². The van der Waals surface area contributed by atoms with Crippen LogP contribution in [0.5, 0.6) is 0 Å². The molecular weight excluding hydrogens is 423 g/mol. The molecular formula is C23H20F3N3OS. The van der Waals surface area contributed by atoms with Gasteiger partial charge in [-0.25, -0.2) is 9.97 Å². The van der Waals surface area contributed by atoms with E-state index in [2.05, 4.69) is 15.3 Å². The molecule has 0 saturated carbocycles. The summed E-state index contributed by atoms with van der Waals surface area (Å²) >= 11 is 0.901. The van der Waals surface area contributed by atoms with Gasteiger partial charge in [-0.05, 0) is 55.5 Å². The van der Waals surface area contributed by atoms with Crippen molar-refractivity contribution in [2.45, 2.75) is 42.8 Å². The van der Waals surface area contributed by atoms with Gasteiger partial charge in [0.15, 0.2) is 5.16 Å². The van der Waals surface area contributed by atoms with Crippen LogP contribution in [0.2, 0.25) is 0 Å². The normalized spacial score (nSPS) is 14.2. The zero-order valence-electron chi connectivity index (χ0n) is 16.7. The molecule has 0 aliphatic heterocycles. The predicted molar refractivity (Wildman–Crippen MR) is 115 cm³/mol. The molecule has 31 heavy (non-hydrogen) atoms. The summed E-state index contributed by atoms with van der Waals surface area (Å²) in [5, 5.41) is 2.07. The van der Waals surface area contributed by atoms with Crippen molar-refractivity contribution in [2.75, 3.05) is 5.32 Å². The summed E-state index contributed by atoms with van der Waals surface area (Å²) in [4.78, 5) is 20.6. The quantitative estimate of drug-likeness (QED) is 0.402. The molecule has 1 atom stereocenters. The van der Waals surface area contributed by atoms with E-state index in [9.17, 15) is 18.0 Å². The third-order valence-electron chi connectivity index (χ3n) is 5.08. The van der Waals surface area contributed by atoms with Gasteiger partial charge in [0.05, 0.1) is 10.9 Å². The number of fused-ring (bicyclic) bond motifs is 1. The highest BCUT2D eigenvalue weighted by Gasteiger charge is 2.34. The molecule has 160 valence electrons. The molecule has 4 nitrogen and oxygen atoms in total. The molecule has 0 fully saturated rings. The number of rotatable bonds is 5. The van der Waals surface area contributed by atoms with Crippen LogP contribution in [0.15, 0.2) is 59.8 Å². The van der Waals surface area contributed by atoms with Crippen molar-refractivity contribution < 1.29 is 18.0 Å². The SMILES string of the molecule is C[C@H](Sc1nc(-c2ccccc2)cc(C(F)(F)F)n1)C(=O)Nc1ccc2c(c1)CCC2. The fraction of sp³-hybridized carbons (Fsp3) is 0.261. The molecule has 1 heterocycles. The highest BCUT2D eigenvalue weighted by molar-refractivity contribution is 8.00. The summed E-state index contributed by atoms with van der Waals surface area (Å²) in [6, 6.07) is 15.3. The molecule has 3 aromatic rings. The van der Waals surface area contributed by atoms with Gasteiger partial charge < -0.3 is 5.32 Å². The summed E-state index contributed by atoms with van der Waals surface area (Å²) in [5.74, 6) is -0.315. The van der Waals surface area contributed by atoms with Crippen LogP contribution in [0, 0.1) is 0 Å². The predicted octanol–water partition coefficient (Wildman–Crippen LogP) is 5.77. The molecule has 1 amide bonds. The van der Waals surface area contributed by atoms with Crippen LogP contribution in [-0.4, -0.2) is 21.1 Å². The molecule has 1 aliphatic carbocycles. The minimum absolute atomic E-state index is 0.0923. The number of hydrogen-bond donors (Lipinski definition) is 1. The van der Waals surface area contributed by atoms with Crippen molar-refractivity contribution in [3.8, 4) is 11.3 Å². The first-order chi connectivity index (χ1) is 14.8. The number of thioether (sulfide) groups is 1. The number of carbonyl (C=O) groups is 1. The molecule has 1 N–H and O–H groups in total. The Hall–Kier alpha value is -2.87. The van der Waals surface area contributed by atoms with Crippen LogP contribution in [0.1, 0.15) is 30.2 Å². The van der Waals surface area contributed by atoms with Gasteiger partial charge in [0, 0.05) is 11.3 Å². The Morgan fingerprint density at radius 2 is 1.77 bits per heavy atom. The van der Waals surface area contributed by atoms with E-state index in [0.29, 0.717) is 11.3 Å². The molecule has 0 radical (unpaired) electrons. The van der Waals surface area contributed by atoms with E-state index < -0.39 is 17.1 Å². The lowest BCUT2D eigenvalue weighted by molar-refractivity contribution is -0.141. The highest BCUT2D eigenvalue weighted by Crippen LogP contribution is 2.33. The van der Waals surface area contributed by atoms with Gasteiger partial charge in [-0.1, -0.05) is 48.2 Å². The fourth-order valence-electron chi connectivity index (χ4n) is 3.48. The summed E-state index contributed by atoms with van der Waals surface area (Å²) in [5.41, 5.74) is 2.89. The molecule has 8 heteroatoms. The largest absolute Gasteiger partial charge is 0.433 e. The van der Waals surface area contributed by atoms with E-state index in [0.717, 1.165) is 37.1 Å². The second-order valence-electron chi connectivity index (χ2n) is 7.37. The number of hydrogen-bond acceptors (Lipinski definition) is 4. The first-order valence-corrected chi connectivity index (χ1v) is 10.8. The number of aromatic nitrogens is 2. The summed E-state index contributed by atoms with van der Waals surface area (Å²) in [6.07, 6.45) is -1.47. The Labute approximate surface area is 182 Å². The number of halogens is 3. The van der Waals surface area contributed by atoms with Gasteiger partial charge in [0.25, 0.3) is 0 Å². The number of nitrogens with zero attached hydrogens (tertiary/aromatic N) is 2. The smallest absolute Gasteiger partial charge is 0.325 e. The first kappa shape index (κ1) is 21.4. The van der Waals surface area contributed by atoms with Gasteiger partial charge in [0.2, 0.25) is 5.91 Å². The second kappa shape index (κ2) is 8.70. The molecule has 1 aromatic heterocycles. The number of nitrogens with one attached hydrogen (secondary N) is 1. The van der Waals surface area contributed by atoms with E-state index in [1.807, 2.05) is 18.2 Å². The summed E-state index contributed by atoms with van der Waals surface area (Å²) in [7, 11) is 0. The van der Waals surface area contributed by atoms with E-state index in [4.69, 9.17) is 0 Å². The van der Waals surface area contributed by atoms with Crippen molar-refractivity contribution >= 4 is 23.4 Å². The maximum Gasteiger partial charge on any atom is 0.433 e. The second-order valence-corrected chi connectivity index (χ2v) is 8.68. The zero-order valence-corrected chi connectivity index (χ0v) is 17.6. The van der Waals surface area contributed by atoms with Crippen molar-refractivity contribution in [1.29, 1.82) is 0 Å². The lowest BCUT2D eigenvalue weighted by atomic mass is 10.1. The van der Waals surface area contributed by atoms with Crippen molar-refractivity contribution in [1.82, 2.24) is 9.97 Å². The van der Waals surface area contributed by atoms with E-state index >= 15 is 0 Å². The molecule has 0 saturated heterocycles. The monoisotopic (exact) mass is 443 g/mol. The topological polar surface area (TPSA) is 54.9 Å². The number of benzene rings is 2. The average molecular weight is 443 g/mol. The minimum Gasteiger partial charge on any atom is -0.325 e.